The fourth-order valence-corrected chi connectivity index (χ4v) is 4.82. The lowest BCUT2D eigenvalue weighted by Crippen LogP contribution is -2.42. The number of amides is 2. The van der Waals surface area contributed by atoms with Crippen LogP contribution >= 0.6 is 0 Å². The molecule has 1 saturated heterocycles. The summed E-state index contributed by atoms with van der Waals surface area (Å²) >= 11 is 0. The maximum absolute atomic E-state index is 13.5. The molecule has 0 unspecified atom stereocenters. The predicted molar refractivity (Wildman–Crippen MR) is 137 cm³/mol. The molecule has 0 radical (unpaired) electrons. The highest BCUT2D eigenvalue weighted by molar-refractivity contribution is 6.03. The van der Waals surface area contributed by atoms with E-state index in [2.05, 4.69) is 75.3 Å². The number of pyridine rings is 1. The Bertz CT molecular complexity index is 1150. The van der Waals surface area contributed by atoms with Gasteiger partial charge in [0.2, 0.25) is 0 Å². The van der Waals surface area contributed by atoms with Crippen molar-refractivity contribution in [1.29, 1.82) is 0 Å². The normalized spacial score (nSPS) is 17.9. The summed E-state index contributed by atoms with van der Waals surface area (Å²) in [6, 6.07) is 14.2. The van der Waals surface area contributed by atoms with Crippen LogP contribution in [0, 0.1) is 0 Å². The smallest absolute Gasteiger partial charge is 0.328 e. The molecule has 4 heterocycles. The number of urea groups is 1. The van der Waals surface area contributed by atoms with Crippen LogP contribution in [0.1, 0.15) is 33.1 Å². The van der Waals surface area contributed by atoms with Crippen molar-refractivity contribution < 1.29 is 4.79 Å². The lowest BCUT2D eigenvalue weighted by Gasteiger charge is -2.28. The number of carbonyl (C=O) groups excluding carboxylic acids is 1. The molecule has 1 fully saturated rings. The van der Waals surface area contributed by atoms with E-state index in [-0.39, 0.29) is 12.1 Å². The van der Waals surface area contributed by atoms with Gasteiger partial charge in [0.1, 0.15) is 12.1 Å². The summed E-state index contributed by atoms with van der Waals surface area (Å²) in [5.41, 5.74) is 4.13. The van der Waals surface area contributed by atoms with E-state index < -0.39 is 0 Å². The Morgan fingerprint density at radius 2 is 1.97 bits per heavy atom. The second kappa shape index (κ2) is 9.67. The van der Waals surface area contributed by atoms with Gasteiger partial charge in [-0.2, -0.15) is 0 Å². The quantitative estimate of drug-likeness (QED) is 0.607. The average Bonchev–Trinajstić information content (AvgIpc) is 3.36. The largest absolute Gasteiger partial charge is 0.372 e. The van der Waals surface area contributed by atoms with E-state index in [1.165, 1.54) is 24.9 Å². The van der Waals surface area contributed by atoms with Crippen molar-refractivity contribution in [3.05, 3.63) is 55.0 Å². The topological polar surface area (TPSA) is 77.5 Å². The van der Waals surface area contributed by atoms with Crippen molar-refractivity contribution in [1.82, 2.24) is 15.0 Å². The van der Waals surface area contributed by atoms with E-state index in [9.17, 15) is 4.79 Å². The zero-order chi connectivity index (χ0) is 23.5. The number of rotatable bonds is 4. The van der Waals surface area contributed by atoms with Crippen LogP contribution in [0.4, 0.5) is 27.8 Å². The van der Waals surface area contributed by atoms with Crippen LogP contribution in [-0.4, -0.2) is 53.2 Å². The fraction of sp³-hybridized carbons (Fsp3) is 0.385. The molecule has 2 aliphatic rings. The molecule has 2 aromatic heterocycles. The van der Waals surface area contributed by atoms with Gasteiger partial charge >= 0.3 is 6.03 Å². The number of anilines is 4. The van der Waals surface area contributed by atoms with Crippen molar-refractivity contribution in [3.8, 4) is 11.3 Å². The Labute approximate surface area is 200 Å². The summed E-state index contributed by atoms with van der Waals surface area (Å²) in [4.78, 5) is 33.1. The molecule has 1 atom stereocenters. The molecule has 8 heteroatoms. The van der Waals surface area contributed by atoms with Gasteiger partial charge in [-0.1, -0.05) is 12.1 Å². The van der Waals surface area contributed by atoms with Crippen LogP contribution in [0.25, 0.3) is 11.3 Å². The van der Waals surface area contributed by atoms with Crippen LogP contribution in [0.2, 0.25) is 0 Å². The highest BCUT2D eigenvalue weighted by atomic mass is 16.2. The Balaban J connectivity index is 1.54. The molecule has 34 heavy (non-hydrogen) atoms. The molecule has 0 bridgehead atoms. The van der Waals surface area contributed by atoms with E-state index in [1.807, 2.05) is 0 Å². The molecule has 5 rings (SSSR count). The molecular formula is C26H31N7O. The van der Waals surface area contributed by atoms with Gasteiger partial charge in [-0.05, 0) is 63.4 Å². The van der Waals surface area contributed by atoms with Crippen molar-refractivity contribution in [2.45, 2.75) is 39.2 Å². The van der Waals surface area contributed by atoms with Gasteiger partial charge in [0.05, 0.1) is 11.4 Å². The third-order valence-electron chi connectivity index (χ3n) is 6.71. The highest BCUT2D eigenvalue weighted by Crippen LogP contribution is 2.36. The minimum Gasteiger partial charge on any atom is -0.372 e. The predicted octanol–water partition coefficient (Wildman–Crippen LogP) is 4.80. The van der Waals surface area contributed by atoms with Crippen LogP contribution in [0.3, 0.4) is 0 Å². The first-order valence-corrected chi connectivity index (χ1v) is 12.1. The molecule has 176 valence electrons. The number of fused-ring (bicyclic) bond motifs is 1. The molecule has 1 N–H and O–H groups in total. The molecule has 3 aromatic rings. The molecular weight excluding hydrogens is 426 g/mol. The first-order chi connectivity index (χ1) is 16.6. The maximum Gasteiger partial charge on any atom is 0.328 e. The first-order valence-electron chi connectivity index (χ1n) is 12.1. The van der Waals surface area contributed by atoms with E-state index in [0.29, 0.717) is 11.6 Å². The molecule has 2 amide bonds. The molecule has 0 spiro atoms. The van der Waals surface area contributed by atoms with E-state index in [4.69, 9.17) is 4.98 Å². The lowest BCUT2D eigenvalue weighted by molar-refractivity contribution is 0.255. The van der Waals surface area contributed by atoms with E-state index >= 15 is 0 Å². The summed E-state index contributed by atoms with van der Waals surface area (Å²) in [5, 5.41) is 2.92. The van der Waals surface area contributed by atoms with E-state index in [0.717, 1.165) is 49.5 Å². The zero-order valence-corrected chi connectivity index (χ0v) is 19.8. The first kappa shape index (κ1) is 22.1. The van der Waals surface area contributed by atoms with Gasteiger partial charge in [-0.15, -0.1) is 0 Å². The second-order valence-electron chi connectivity index (χ2n) is 8.90. The molecule has 0 aliphatic carbocycles. The minimum absolute atomic E-state index is 0.0178. The maximum atomic E-state index is 13.5. The van der Waals surface area contributed by atoms with Crippen molar-refractivity contribution >= 4 is 29.0 Å². The fourth-order valence-electron chi connectivity index (χ4n) is 4.82. The number of nitrogens with zero attached hydrogens (tertiary/aromatic N) is 6. The summed E-state index contributed by atoms with van der Waals surface area (Å²) in [7, 11) is 0. The summed E-state index contributed by atoms with van der Waals surface area (Å²) in [5.74, 6) is 1.15. The average molecular weight is 458 g/mol. The highest BCUT2D eigenvalue weighted by Gasteiger charge is 2.31. The zero-order valence-electron chi connectivity index (χ0n) is 19.8. The number of nitrogens with one attached hydrogen (secondary N) is 1. The van der Waals surface area contributed by atoms with Gasteiger partial charge in [0.15, 0.2) is 5.82 Å². The Morgan fingerprint density at radius 1 is 1.12 bits per heavy atom. The van der Waals surface area contributed by atoms with Gasteiger partial charge in [0.25, 0.3) is 0 Å². The number of hydrogen-bond donors (Lipinski definition) is 1. The molecule has 8 nitrogen and oxygen atoms in total. The summed E-state index contributed by atoms with van der Waals surface area (Å²) in [6.07, 6.45) is 6.37. The van der Waals surface area contributed by atoms with Crippen LogP contribution < -0.4 is 20.0 Å². The van der Waals surface area contributed by atoms with Crippen molar-refractivity contribution in [3.63, 3.8) is 0 Å². The number of benzene rings is 1. The Kier molecular flexibility index (Phi) is 6.29. The third kappa shape index (κ3) is 4.40. The standard InChI is InChI=1S/C26H31N7O/c1-3-31-16-12-19(2)33(26(34)30-24-11-13-27-18-28-24)25-23(31)10-9-22(29-25)20-7-6-8-21(17-20)32-14-4-5-15-32/h6-11,13,17-19H,3-5,12,14-16H2,1-2H3,(H,27,28,30,34)/t19-/m1/s1. The van der Waals surface area contributed by atoms with Crippen molar-refractivity contribution in [2.24, 2.45) is 0 Å². The number of aromatic nitrogens is 3. The molecule has 2 aliphatic heterocycles. The van der Waals surface area contributed by atoms with E-state index in [1.54, 1.807) is 17.2 Å². The lowest BCUT2D eigenvalue weighted by atomic mass is 10.1. The van der Waals surface area contributed by atoms with Gasteiger partial charge in [-0.25, -0.2) is 19.7 Å². The Morgan fingerprint density at radius 3 is 2.74 bits per heavy atom. The number of carbonyl (C=O) groups is 1. The van der Waals surface area contributed by atoms with Gasteiger partial charge in [-0.3, -0.25) is 10.2 Å². The van der Waals surface area contributed by atoms with Crippen LogP contribution in [-0.2, 0) is 0 Å². The van der Waals surface area contributed by atoms with Gasteiger partial charge < -0.3 is 9.80 Å². The summed E-state index contributed by atoms with van der Waals surface area (Å²) < 4.78 is 0. The third-order valence-corrected chi connectivity index (χ3v) is 6.71. The molecule has 0 saturated carbocycles. The monoisotopic (exact) mass is 457 g/mol. The van der Waals surface area contributed by atoms with Crippen LogP contribution in [0.5, 0.6) is 0 Å². The SMILES string of the molecule is CCN1CC[C@@H](C)N(C(=O)Nc2ccncn2)c2nc(-c3cccc(N4CCCC4)c3)ccc21. The Hall–Kier alpha value is -3.68. The molecule has 1 aromatic carbocycles. The van der Waals surface area contributed by atoms with Crippen molar-refractivity contribution in [2.75, 3.05) is 46.2 Å². The summed E-state index contributed by atoms with van der Waals surface area (Å²) in [6.45, 7) is 8.13. The number of hydrogen-bond acceptors (Lipinski definition) is 6. The van der Waals surface area contributed by atoms with Crippen LogP contribution in [0.15, 0.2) is 55.0 Å². The van der Waals surface area contributed by atoms with Gasteiger partial charge in [0, 0.05) is 49.7 Å². The second-order valence-corrected chi connectivity index (χ2v) is 8.90. The minimum atomic E-state index is -0.235.